The number of amides is 1. The van der Waals surface area contributed by atoms with Gasteiger partial charge in [-0.05, 0) is 18.9 Å². The molecule has 0 spiro atoms. The normalized spacial score (nSPS) is 17.7. The van der Waals surface area contributed by atoms with Crippen molar-refractivity contribution in [2.75, 3.05) is 0 Å². The fourth-order valence-corrected chi connectivity index (χ4v) is 2.37. The molecular formula is C13H15FN2O3. The van der Waals surface area contributed by atoms with E-state index >= 15 is 0 Å². The zero-order valence-electron chi connectivity index (χ0n) is 10.4. The van der Waals surface area contributed by atoms with E-state index in [1.807, 2.05) is 0 Å². The Hall–Kier alpha value is -1.98. The molecule has 0 unspecified atom stereocenters. The molecule has 0 atom stereocenters. The standard InChI is InChI=1S/C13H15FN2O3/c14-10-6-9(7-15-8-10)11(17)16-13(12(18)19)4-2-1-3-5-13/h6-8H,1-5H2,(H,16,17)(H,18,19). The van der Waals surface area contributed by atoms with E-state index in [0.717, 1.165) is 31.5 Å². The summed E-state index contributed by atoms with van der Waals surface area (Å²) in [4.78, 5) is 27.0. The van der Waals surface area contributed by atoms with Crippen molar-refractivity contribution >= 4 is 11.9 Å². The second kappa shape index (κ2) is 5.34. The highest BCUT2D eigenvalue weighted by atomic mass is 19.1. The summed E-state index contributed by atoms with van der Waals surface area (Å²) >= 11 is 0. The first kappa shape index (κ1) is 13.5. The molecule has 0 bridgehead atoms. The van der Waals surface area contributed by atoms with E-state index in [4.69, 9.17) is 0 Å². The first-order valence-electron chi connectivity index (χ1n) is 6.20. The van der Waals surface area contributed by atoms with Crippen LogP contribution in [-0.4, -0.2) is 27.5 Å². The van der Waals surface area contributed by atoms with E-state index in [-0.39, 0.29) is 5.56 Å². The maximum atomic E-state index is 13.0. The summed E-state index contributed by atoms with van der Waals surface area (Å²) in [7, 11) is 0. The molecule has 6 heteroatoms. The molecular weight excluding hydrogens is 251 g/mol. The van der Waals surface area contributed by atoms with Gasteiger partial charge in [0.1, 0.15) is 11.4 Å². The number of halogens is 1. The fraction of sp³-hybridized carbons (Fsp3) is 0.462. The van der Waals surface area contributed by atoms with Crippen molar-refractivity contribution in [3.05, 3.63) is 29.8 Å². The second-order valence-corrected chi connectivity index (χ2v) is 4.79. The molecule has 5 nitrogen and oxygen atoms in total. The second-order valence-electron chi connectivity index (χ2n) is 4.79. The van der Waals surface area contributed by atoms with Gasteiger partial charge in [0.15, 0.2) is 0 Å². The molecule has 1 amide bonds. The van der Waals surface area contributed by atoms with Crippen LogP contribution in [0.2, 0.25) is 0 Å². The van der Waals surface area contributed by atoms with Crippen LogP contribution < -0.4 is 5.32 Å². The molecule has 0 aromatic carbocycles. The lowest BCUT2D eigenvalue weighted by atomic mass is 9.81. The fourth-order valence-electron chi connectivity index (χ4n) is 2.37. The van der Waals surface area contributed by atoms with E-state index in [9.17, 15) is 19.1 Å². The molecule has 0 saturated heterocycles. The van der Waals surface area contributed by atoms with Gasteiger partial charge in [-0.3, -0.25) is 9.78 Å². The van der Waals surface area contributed by atoms with Crippen LogP contribution >= 0.6 is 0 Å². The number of carboxylic acids is 1. The number of nitrogens with zero attached hydrogens (tertiary/aromatic N) is 1. The number of carbonyl (C=O) groups excluding carboxylic acids is 1. The van der Waals surface area contributed by atoms with E-state index in [1.54, 1.807) is 0 Å². The number of aliphatic carboxylic acids is 1. The maximum Gasteiger partial charge on any atom is 0.329 e. The van der Waals surface area contributed by atoms with Gasteiger partial charge in [-0.15, -0.1) is 0 Å². The number of hydrogen-bond acceptors (Lipinski definition) is 3. The SMILES string of the molecule is O=C(NC1(C(=O)O)CCCCC1)c1cncc(F)c1. The summed E-state index contributed by atoms with van der Waals surface area (Å²) in [6.07, 6.45) is 5.49. The van der Waals surface area contributed by atoms with Crippen LogP contribution in [0.4, 0.5) is 4.39 Å². The predicted octanol–water partition coefficient (Wildman–Crippen LogP) is 1.74. The van der Waals surface area contributed by atoms with E-state index < -0.39 is 23.2 Å². The highest BCUT2D eigenvalue weighted by Gasteiger charge is 2.41. The first-order chi connectivity index (χ1) is 9.03. The van der Waals surface area contributed by atoms with E-state index in [2.05, 4.69) is 10.3 Å². The van der Waals surface area contributed by atoms with Crippen LogP contribution in [0.1, 0.15) is 42.5 Å². The predicted molar refractivity (Wildman–Crippen MR) is 65.1 cm³/mol. The molecule has 2 N–H and O–H groups in total. The first-order valence-corrected chi connectivity index (χ1v) is 6.20. The summed E-state index contributed by atoms with van der Waals surface area (Å²) in [6, 6.07) is 1.04. The topological polar surface area (TPSA) is 79.3 Å². The minimum atomic E-state index is -1.23. The van der Waals surface area contributed by atoms with Crippen LogP contribution in [0.25, 0.3) is 0 Å². The Morgan fingerprint density at radius 1 is 1.26 bits per heavy atom. The maximum absolute atomic E-state index is 13.0. The number of pyridine rings is 1. The van der Waals surface area contributed by atoms with Crippen LogP contribution in [-0.2, 0) is 4.79 Å². The number of rotatable bonds is 3. The van der Waals surface area contributed by atoms with E-state index in [0.29, 0.717) is 12.8 Å². The zero-order chi connectivity index (χ0) is 13.9. The molecule has 1 aromatic rings. The average molecular weight is 266 g/mol. The van der Waals surface area contributed by atoms with Gasteiger partial charge >= 0.3 is 5.97 Å². The Bertz CT molecular complexity index is 498. The Morgan fingerprint density at radius 3 is 2.53 bits per heavy atom. The number of nitrogens with one attached hydrogen (secondary N) is 1. The summed E-state index contributed by atoms with van der Waals surface area (Å²) in [6.45, 7) is 0. The van der Waals surface area contributed by atoms with Gasteiger partial charge in [0.2, 0.25) is 0 Å². The minimum Gasteiger partial charge on any atom is -0.480 e. The van der Waals surface area contributed by atoms with Crippen molar-refractivity contribution in [1.29, 1.82) is 0 Å². The summed E-state index contributed by atoms with van der Waals surface area (Å²) in [5.41, 5.74) is -1.20. The molecule has 1 fully saturated rings. The molecule has 1 saturated carbocycles. The smallest absolute Gasteiger partial charge is 0.329 e. The molecule has 0 aliphatic heterocycles. The molecule has 102 valence electrons. The van der Waals surface area contributed by atoms with Gasteiger partial charge in [-0.1, -0.05) is 19.3 Å². The number of hydrogen-bond donors (Lipinski definition) is 2. The van der Waals surface area contributed by atoms with Crippen molar-refractivity contribution in [2.45, 2.75) is 37.6 Å². The number of carbonyl (C=O) groups is 2. The molecule has 19 heavy (non-hydrogen) atoms. The van der Waals surface area contributed by atoms with Gasteiger partial charge in [0.25, 0.3) is 5.91 Å². The van der Waals surface area contributed by atoms with Crippen LogP contribution in [0.3, 0.4) is 0 Å². The summed E-state index contributed by atoms with van der Waals surface area (Å²) < 4.78 is 13.0. The summed E-state index contributed by atoms with van der Waals surface area (Å²) in [5, 5.41) is 11.9. The zero-order valence-corrected chi connectivity index (χ0v) is 10.4. The molecule has 1 aliphatic rings. The number of carboxylic acid groups (broad SMARTS) is 1. The molecule has 0 radical (unpaired) electrons. The minimum absolute atomic E-state index is 0.0335. The van der Waals surface area contributed by atoms with Gasteiger partial charge < -0.3 is 10.4 Å². The van der Waals surface area contributed by atoms with Gasteiger partial charge in [0, 0.05) is 6.20 Å². The van der Waals surface area contributed by atoms with Crippen LogP contribution in [0, 0.1) is 5.82 Å². The molecule has 1 aliphatic carbocycles. The monoisotopic (exact) mass is 266 g/mol. The lowest BCUT2D eigenvalue weighted by Crippen LogP contribution is -2.55. The summed E-state index contributed by atoms with van der Waals surface area (Å²) in [5.74, 6) is -2.26. The Kier molecular flexibility index (Phi) is 3.78. The molecule has 1 heterocycles. The van der Waals surface area contributed by atoms with Crippen molar-refractivity contribution in [1.82, 2.24) is 10.3 Å². The largest absolute Gasteiger partial charge is 0.480 e. The quantitative estimate of drug-likeness (QED) is 0.873. The third-order valence-corrected chi connectivity index (χ3v) is 3.44. The van der Waals surface area contributed by atoms with Gasteiger partial charge in [0.05, 0.1) is 11.8 Å². The number of aromatic nitrogens is 1. The third kappa shape index (κ3) is 2.89. The highest BCUT2D eigenvalue weighted by molar-refractivity contribution is 5.97. The average Bonchev–Trinajstić information content (AvgIpc) is 2.39. The Morgan fingerprint density at radius 2 is 1.95 bits per heavy atom. The van der Waals surface area contributed by atoms with Crippen molar-refractivity contribution in [3.8, 4) is 0 Å². The van der Waals surface area contributed by atoms with Gasteiger partial charge in [-0.25, -0.2) is 9.18 Å². The van der Waals surface area contributed by atoms with Crippen LogP contribution in [0.5, 0.6) is 0 Å². The molecule has 1 aromatic heterocycles. The van der Waals surface area contributed by atoms with Crippen molar-refractivity contribution in [3.63, 3.8) is 0 Å². The lowest BCUT2D eigenvalue weighted by molar-refractivity contribution is -0.145. The third-order valence-electron chi connectivity index (χ3n) is 3.44. The highest BCUT2D eigenvalue weighted by Crippen LogP contribution is 2.28. The van der Waals surface area contributed by atoms with Crippen LogP contribution in [0.15, 0.2) is 18.5 Å². The van der Waals surface area contributed by atoms with Gasteiger partial charge in [-0.2, -0.15) is 0 Å². The Labute approximate surface area is 109 Å². The lowest BCUT2D eigenvalue weighted by Gasteiger charge is -2.33. The van der Waals surface area contributed by atoms with Crippen molar-refractivity contribution in [2.24, 2.45) is 0 Å². The molecule has 2 rings (SSSR count). The Balaban J connectivity index is 2.18. The van der Waals surface area contributed by atoms with Crippen molar-refractivity contribution < 1.29 is 19.1 Å². The van der Waals surface area contributed by atoms with E-state index in [1.165, 1.54) is 6.20 Å².